The van der Waals surface area contributed by atoms with Crippen LogP contribution in [0.3, 0.4) is 0 Å². The summed E-state index contributed by atoms with van der Waals surface area (Å²) >= 11 is 0. The lowest BCUT2D eigenvalue weighted by Gasteiger charge is -2.37. The highest BCUT2D eigenvalue weighted by molar-refractivity contribution is 5.15. The van der Waals surface area contributed by atoms with E-state index < -0.39 is 0 Å². The van der Waals surface area contributed by atoms with Crippen molar-refractivity contribution in [3.8, 4) is 0 Å². The van der Waals surface area contributed by atoms with Gasteiger partial charge in [-0.25, -0.2) is 0 Å². The van der Waals surface area contributed by atoms with Crippen LogP contribution in [0.5, 0.6) is 0 Å². The standard InChI is InChI=1S/C16H24N2/c17-12-16-9-5-4-8-15(16)11-18(13-16)10-14-6-2-1-3-7-14/h1-3,6-7,15H,4-5,8-13,17H2. The van der Waals surface area contributed by atoms with Gasteiger partial charge in [-0.15, -0.1) is 0 Å². The summed E-state index contributed by atoms with van der Waals surface area (Å²) < 4.78 is 0. The van der Waals surface area contributed by atoms with Crippen LogP contribution >= 0.6 is 0 Å². The minimum Gasteiger partial charge on any atom is -0.330 e. The predicted molar refractivity (Wildman–Crippen MR) is 75.2 cm³/mol. The molecule has 18 heavy (non-hydrogen) atoms. The van der Waals surface area contributed by atoms with E-state index >= 15 is 0 Å². The zero-order valence-electron chi connectivity index (χ0n) is 11.1. The lowest BCUT2D eigenvalue weighted by Crippen LogP contribution is -2.40. The molecule has 2 nitrogen and oxygen atoms in total. The van der Waals surface area contributed by atoms with E-state index in [2.05, 4.69) is 35.2 Å². The molecule has 1 aliphatic heterocycles. The molecule has 98 valence electrons. The van der Waals surface area contributed by atoms with Gasteiger partial charge >= 0.3 is 0 Å². The average Bonchev–Trinajstić information content (AvgIpc) is 2.78. The van der Waals surface area contributed by atoms with Gasteiger partial charge in [0.2, 0.25) is 0 Å². The first-order chi connectivity index (χ1) is 8.82. The fraction of sp³-hybridized carbons (Fsp3) is 0.625. The maximum atomic E-state index is 6.11. The SMILES string of the molecule is NCC12CCCCC1CN(Cc1ccccc1)C2. The molecule has 2 aliphatic rings. The normalized spacial score (nSPS) is 32.4. The molecule has 0 radical (unpaired) electrons. The van der Waals surface area contributed by atoms with E-state index in [0.717, 1.165) is 19.0 Å². The summed E-state index contributed by atoms with van der Waals surface area (Å²) in [4.78, 5) is 2.62. The first kappa shape index (κ1) is 12.2. The second-order valence-electron chi connectivity index (χ2n) is 6.16. The smallest absolute Gasteiger partial charge is 0.0234 e. The molecule has 0 bridgehead atoms. The Hall–Kier alpha value is -0.860. The lowest BCUT2D eigenvalue weighted by molar-refractivity contribution is 0.155. The number of benzene rings is 1. The van der Waals surface area contributed by atoms with E-state index in [4.69, 9.17) is 5.73 Å². The van der Waals surface area contributed by atoms with Crippen molar-refractivity contribution < 1.29 is 0 Å². The molecular formula is C16H24N2. The zero-order valence-corrected chi connectivity index (χ0v) is 11.1. The summed E-state index contributed by atoms with van der Waals surface area (Å²) in [6.45, 7) is 4.44. The van der Waals surface area contributed by atoms with Gasteiger partial charge in [0.15, 0.2) is 0 Å². The third-order valence-electron chi connectivity index (χ3n) is 5.02. The van der Waals surface area contributed by atoms with Gasteiger partial charge in [-0.2, -0.15) is 0 Å². The fourth-order valence-electron chi connectivity index (χ4n) is 3.99. The van der Waals surface area contributed by atoms with Crippen molar-refractivity contribution in [1.82, 2.24) is 4.90 Å². The van der Waals surface area contributed by atoms with Crippen LogP contribution in [-0.4, -0.2) is 24.5 Å². The maximum Gasteiger partial charge on any atom is 0.0234 e. The molecule has 0 amide bonds. The molecule has 1 saturated heterocycles. The van der Waals surface area contributed by atoms with Crippen LogP contribution in [0.25, 0.3) is 0 Å². The van der Waals surface area contributed by atoms with Gasteiger partial charge in [-0.05, 0) is 36.3 Å². The van der Waals surface area contributed by atoms with Gasteiger partial charge in [0.05, 0.1) is 0 Å². The lowest BCUT2D eigenvalue weighted by atomic mass is 9.68. The molecule has 1 aromatic carbocycles. The van der Waals surface area contributed by atoms with Crippen molar-refractivity contribution in [2.45, 2.75) is 32.2 Å². The van der Waals surface area contributed by atoms with E-state index in [0.29, 0.717) is 5.41 Å². The molecule has 2 fully saturated rings. The fourth-order valence-corrected chi connectivity index (χ4v) is 3.99. The summed E-state index contributed by atoms with van der Waals surface area (Å²) in [5.41, 5.74) is 7.98. The quantitative estimate of drug-likeness (QED) is 0.885. The van der Waals surface area contributed by atoms with E-state index in [-0.39, 0.29) is 0 Å². The van der Waals surface area contributed by atoms with Crippen LogP contribution in [0, 0.1) is 11.3 Å². The van der Waals surface area contributed by atoms with Gasteiger partial charge in [0.25, 0.3) is 0 Å². The largest absolute Gasteiger partial charge is 0.330 e. The van der Waals surface area contributed by atoms with E-state index in [1.165, 1.54) is 44.3 Å². The number of rotatable bonds is 3. The Kier molecular flexibility index (Phi) is 3.40. The molecule has 2 heteroatoms. The summed E-state index contributed by atoms with van der Waals surface area (Å²) in [6, 6.07) is 10.8. The predicted octanol–water partition coefficient (Wildman–Crippen LogP) is 2.64. The number of fused-ring (bicyclic) bond motifs is 1. The van der Waals surface area contributed by atoms with Crippen LogP contribution in [0.1, 0.15) is 31.2 Å². The Balaban J connectivity index is 1.70. The Labute approximate surface area is 110 Å². The highest BCUT2D eigenvalue weighted by Crippen LogP contribution is 2.46. The van der Waals surface area contributed by atoms with Gasteiger partial charge in [0.1, 0.15) is 0 Å². The van der Waals surface area contributed by atoms with Crippen LogP contribution in [0.2, 0.25) is 0 Å². The minimum atomic E-state index is 0.438. The van der Waals surface area contributed by atoms with Crippen molar-refractivity contribution in [3.63, 3.8) is 0 Å². The Morgan fingerprint density at radius 1 is 1.22 bits per heavy atom. The Bertz CT molecular complexity index is 389. The second-order valence-corrected chi connectivity index (χ2v) is 6.16. The number of likely N-dealkylation sites (tertiary alicyclic amines) is 1. The molecule has 0 spiro atoms. The number of nitrogens with zero attached hydrogens (tertiary/aromatic N) is 1. The van der Waals surface area contributed by atoms with Crippen molar-refractivity contribution >= 4 is 0 Å². The molecule has 3 rings (SSSR count). The number of nitrogens with two attached hydrogens (primary N) is 1. The molecule has 1 heterocycles. The zero-order chi connectivity index (χ0) is 12.4. The van der Waals surface area contributed by atoms with Crippen LogP contribution in [0.15, 0.2) is 30.3 Å². The minimum absolute atomic E-state index is 0.438. The summed E-state index contributed by atoms with van der Waals surface area (Å²) in [5.74, 6) is 0.847. The van der Waals surface area contributed by atoms with Crippen molar-refractivity contribution in [3.05, 3.63) is 35.9 Å². The van der Waals surface area contributed by atoms with Gasteiger partial charge in [0, 0.05) is 19.6 Å². The third kappa shape index (κ3) is 2.19. The molecular weight excluding hydrogens is 220 g/mol. The van der Waals surface area contributed by atoms with Gasteiger partial charge in [-0.3, -0.25) is 4.90 Å². The molecule has 2 N–H and O–H groups in total. The monoisotopic (exact) mass is 244 g/mol. The first-order valence-corrected chi connectivity index (χ1v) is 7.29. The molecule has 1 aromatic rings. The second kappa shape index (κ2) is 5.02. The maximum absolute atomic E-state index is 6.11. The third-order valence-corrected chi connectivity index (χ3v) is 5.02. The average molecular weight is 244 g/mol. The van der Waals surface area contributed by atoms with Crippen LogP contribution < -0.4 is 5.73 Å². The van der Waals surface area contributed by atoms with Gasteiger partial charge in [-0.1, -0.05) is 43.2 Å². The van der Waals surface area contributed by atoms with E-state index in [1.54, 1.807) is 0 Å². The highest BCUT2D eigenvalue weighted by Gasteiger charge is 2.46. The van der Waals surface area contributed by atoms with Crippen LogP contribution in [0.4, 0.5) is 0 Å². The van der Waals surface area contributed by atoms with Crippen molar-refractivity contribution in [2.75, 3.05) is 19.6 Å². The number of hydrogen-bond acceptors (Lipinski definition) is 2. The topological polar surface area (TPSA) is 29.3 Å². The molecule has 1 aliphatic carbocycles. The Morgan fingerprint density at radius 3 is 2.78 bits per heavy atom. The van der Waals surface area contributed by atoms with Crippen LogP contribution in [-0.2, 0) is 6.54 Å². The van der Waals surface area contributed by atoms with Gasteiger partial charge < -0.3 is 5.73 Å². The van der Waals surface area contributed by atoms with E-state index in [9.17, 15) is 0 Å². The summed E-state index contributed by atoms with van der Waals surface area (Å²) in [5, 5.41) is 0. The Morgan fingerprint density at radius 2 is 2.06 bits per heavy atom. The molecule has 2 unspecified atom stereocenters. The van der Waals surface area contributed by atoms with Crippen molar-refractivity contribution in [1.29, 1.82) is 0 Å². The molecule has 0 aromatic heterocycles. The van der Waals surface area contributed by atoms with E-state index in [1.807, 2.05) is 0 Å². The number of hydrogen-bond donors (Lipinski definition) is 1. The molecule has 2 atom stereocenters. The summed E-state index contributed by atoms with van der Waals surface area (Å²) in [6.07, 6.45) is 5.53. The molecule has 1 saturated carbocycles. The van der Waals surface area contributed by atoms with Crippen molar-refractivity contribution in [2.24, 2.45) is 17.1 Å². The highest BCUT2D eigenvalue weighted by atomic mass is 15.2. The first-order valence-electron chi connectivity index (χ1n) is 7.29. The summed E-state index contributed by atoms with van der Waals surface area (Å²) in [7, 11) is 0.